The van der Waals surface area contributed by atoms with Crippen LogP contribution in [0.1, 0.15) is 39.5 Å². The summed E-state index contributed by atoms with van der Waals surface area (Å²) in [4.78, 5) is 2.46. The molecule has 1 unspecified atom stereocenters. The van der Waals surface area contributed by atoms with E-state index in [0.717, 1.165) is 18.6 Å². The Morgan fingerprint density at radius 1 is 1.38 bits per heavy atom. The van der Waals surface area contributed by atoms with Gasteiger partial charge in [0.2, 0.25) is 0 Å². The van der Waals surface area contributed by atoms with E-state index in [1.165, 1.54) is 32.2 Å². The van der Waals surface area contributed by atoms with Gasteiger partial charge in [-0.1, -0.05) is 20.3 Å². The highest BCUT2D eigenvalue weighted by molar-refractivity contribution is 4.83. The molecule has 0 heterocycles. The summed E-state index contributed by atoms with van der Waals surface area (Å²) < 4.78 is 0. The van der Waals surface area contributed by atoms with Crippen LogP contribution in [0.25, 0.3) is 0 Å². The standard InChI is InChI=1S/C11H24N2/c1-4-6-11(13(3)5-2)9-12-10-7-8-10/h10-12H,4-9H2,1-3H3. The lowest BCUT2D eigenvalue weighted by molar-refractivity contribution is 0.232. The third-order valence-corrected chi connectivity index (χ3v) is 2.96. The van der Waals surface area contributed by atoms with Gasteiger partial charge in [0.1, 0.15) is 0 Å². The average Bonchev–Trinajstić information content (AvgIpc) is 2.94. The van der Waals surface area contributed by atoms with Crippen LogP contribution in [-0.2, 0) is 0 Å². The minimum absolute atomic E-state index is 0.746. The molecule has 1 atom stereocenters. The molecule has 1 aliphatic rings. The van der Waals surface area contributed by atoms with E-state index in [-0.39, 0.29) is 0 Å². The third-order valence-electron chi connectivity index (χ3n) is 2.96. The summed E-state index contributed by atoms with van der Waals surface area (Å²) in [6.07, 6.45) is 5.41. The van der Waals surface area contributed by atoms with Gasteiger partial charge < -0.3 is 10.2 Å². The van der Waals surface area contributed by atoms with Gasteiger partial charge in [-0.3, -0.25) is 0 Å². The van der Waals surface area contributed by atoms with E-state index >= 15 is 0 Å². The molecule has 0 aromatic heterocycles. The van der Waals surface area contributed by atoms with Gasteiger partial charge in [-0.05, 0) is 32.9 Å². The topological polar surface area (TPSA) is 15.3 Å². The first-order chi connectivity index (χ1) is 6.27. The summed E-state index contributed by atoms with van der Waals surface area (Å²) in [5.41, 5.74) is 0. The van der Waals surface area contributed by atoms with Crippen molar-refractivity contribution in [3.8, 4) is 0 Å². The first-order valence-electron chi connectivity index (χ1n) is 5.71. The van der Waals surface area contributed by atoms with Crippen molar-refractivity contribution in [1.29, 1.82) is 0 Å². The second kappa shape index (κ2) is 5.61. The molecule has 13 heavy (non-hydrogen) atoms. The van der Waals surface area contributed by atoms with E-state index in [9.17, 15) is 0 Å². The van der Waals surface area contributed by atoms with Crippen LogP contribution in [0, 0.1) is 0 Å². The first kappa shape index (κ1) is 11.0. The number of nitrogens with one attached hydrogen (secondary N) is 1. The van der Waals surface area contributed by atoms with Crippen molar-refractivity contribution in [2.45, 2.75) is 51.6 Å². The molecule has 1 fully saturated rings. The molecule has 0 amide bonds. The van der Waals surface area contributed by atoms with Crippen LogP contribution in [0.15, 0.2) is 0 Å². The first-order valence-corrected chi connectivity index (χ1v) is 5.71. The highest BCUT2D eigenvalue weighted by Crippen LogP contribution is 2.19. The van der Waals surface area contributed by atoms with Crippen LogP contribution in [-0.4, -0.2) is 37.1 Å². The molecular formula is C11H24N2. The molecular weight excluding hydrogens is 160 g/mol. The Labute approximate surface area is 82.7 Å². The van der Waals surface area contributed by atoms with Crippen LogP contribution in [0.5, 0.6) is 0 Å². The number of likely N-dealkylation sites (N-methyl/N-ethyl adjacent to an activating group) is 1. The van der Waals surface area contributed by atoms with Gasteiger partial charge in [-0.15, -0.1) is 0 Å². The molecule has 78 valence electrons. The molecule has 1 saturated carbocycles. The number of rotatable bonds is 7. The zero-order valence-electron chi connectivity index (χ0n) is 9.34. The van der Waals surface area contributed by atoms with Crippen LogP contribution in [0.2, 0.25) is 0 Å². The van der Waals surface area contributed by atoms with Crippen molar-refractivity contribution in [2.75, 3.05) is 20.1 Å². The van der Waals surface area contributed by atoms with Crippen molar-refractivity contribution >= 4 is 0 Å². The van der Waals surface area contributed by atoms with Crippen LogP contribution >= 0.6 is 0 Å². The predicted octanol–water partition coefficient (Wildman–Crippen LogP) is 1.86. The SMILES string of the molecule is CCCC(CNC1CC1)N(C)CC. The van der Waals surface area contributed by atoms with Crippen molar-refractivity contribution in [2.24, 2.45) is 0 Å². The molecule has 0 aromatic rings. The second-order valence-corrected chi connectivity index (χ2v) is 4.20. The molecule has 0 aromatic carbocycles. The monoisotopic (exact) mass is 184 g/mol. The molecule has 2 nitrogen and oxygen atoms in total. The summed E-state index contributed by atoms with van der Waals surface area (Å²) in [5.74, 6) is 0. The van der Waals surface area contributed by atoms with Crippen molar-refractivity contribution in [3.05, 3.63) is 0 Å². The van der Waals surface area contributed by atoms with E-state index in [2.05, 4.69) is 31.1 Å². The Balaban J connectivity index is 2.18. The van der Waals surface area contributed by atoms with Gasteiger partial charge in [0.05, 0.1) is 0 Å². The highest BCUT2D eigenvalue weighted by atomic mass is 15.1. The van der Waals surface area contributed by atoms with E-state index in [0.29, 0.717) is 0 Å². The van der Waals surface area contributed by atoms with E-state index in [4.69, 9.17) is 0 Å². The molecule has 0 aliphatic heterocycles. The molecule has 1 N–H and O–H groups in total. The molecule has 1 rings (SSSR count). The largest absolute Gasteiger partial charge is 0.312 e. The molecule has 0 spiro atoms. The number of nitrogens with zero attached hydrogens (tertiary/aromatic N) is 1. The minimum Gasteiger partial charge on any atom is -0.312 e. The average molecular weight is 184 g/mol. The minimum atomic E-state index is 0.746. The Hall–Kier alpha value is -0.0800. The summed E-state index contributed by atoms with van der Waals surface area (Å²) in [6, 6.07) is 1.60. The molecule has 0 saturated heterocycles. The second-order valence-electron chi connectivity index (χ2n) is 4.20. The van der Waals surface area contributed by atoms with Crippen LogP contribution in [0.4, 0.5) is 0 Å². The summed E-state index contributed by atoms with van der Waals surface area (Å²) in [5, 5.41) is 3.62. The quantitative estimate of drug-likeness (QED) is 0.649. The van der Waals surface area contributed by atoms with Gasteiger partial charge in [-0.2, -0.15) is 0 Å². The van der Waals surface area contributed by atoms with Gasteiger partial charge in [0, 0.05) is 18.6 Å². The maximum atomic E-state index is 3.62. The summed E-state index contributed by atoms with van der Waals surface area (Å²) in [7, 11) is 2.23. The lowest BCUT2D eigenvalue weighted by Crippen LogP contribution is -2.40. The fraction of sp³-hybridized carbons (Fsp3) is 1.00. The van der Waals surface area contributed by atoms with Crippen molar-refractivity contribution in [1.82, 2.24) is 10.2 Å². The van der Waals surface area contributed by atoms with Gasteiger partial charge >= 0.3 is 0 Å². The Morgan fingerprint density at radius 3 is 2.54 bits per heavy atom. The molecule has 2 heteroatoms. The normalized spacial score (nSPS) is 19.4. The lowest BCUT2D eigenvalue weighted by atomic mass is 10.1. The summed E-state index contributed by atoms with van der Waals surface area (Å²) >= 11 is 0. The van der Waals surface area contributed by atoms with Crippen LogP contribution < -0.4 is 5.32 Å². The van der Waals surface area contributed by atoms with Gasteiger partial charge in [0.25, 0.3) is 0 Å². The third kappa shape index (κ3) is 4.10. The van der Waals surface area contributed by atoms with Gasteiger partial charge in [0.15, 0.2) is 0 Å². The Morgan fingerprint density at radius 2 is 2.08 bits per heavy atom. The Kier molecular flexibility index (Phi) is 4.74. The summed E-state index contributed by atoms with van der Waals surface area (Å²) in [6.45, 7) is 6.85. The fourth-order valence-corrected chi connectivity index (χ4v) is 1.66. The molecule has 1 aliphatic carbocycles. The fourth-order valence-electron chi connectivity index (χ4n) is 1.66. The maximum Gasteiger partial charge on any atom is 0.0217 e. The number of hydrogen-bond acceptors (Lipinski definition) is 2. The van der Waals surface area contributed by atoms with Crippen molar-refractivity contribution in [3.63, 3.8) is 0 Å². The Bertz CT molecular complexity index is 132. The van der Waals surface area contributed by atoms with Crippen LogP contribution in [0.3, 0.4) is 0 Å². The zero-order chi connectivity index (χ0) is 9.68. The lowest BCUT2D eigenvalue weighted by Gasteiger charge is -2.26. The van der Waals surface area contributed by atoms with Gasteiger partial charge in [-0.25, -0.2) is 0 Å². The highest BCUT2D eigenvalue weighted by Gasteiger charge is 2.22. The van der Waals surface area contributed by atoms with E-state index in [1.807, 2.05) is 0 Å². The van der Waals surface area contributed by atoms with E-state index < -0.39 is 0 Å². The predicted molar refractivity (Wildman–Crippen MR) is 58.0 cm³/mol. The zero-order valence-corrected chi connectivity index (χ0v) is 9.34. The van der Waals surface area contributed by atoms with E-state index in [1.54, 1.807) is 0 Å². The number of hydrogen-bond donors (Lipinski definition) is 1. The molecule has 0 bridgehead atoms. The molecule has 0 radical (unpaired) electrons. The maximum absolute atomic E-state index is 3.62. The smallest absolute Gasteiger partial charge is 0.0217 e. The van der Waals surface area contributed by atoms with Crippen molar-refractivity contribution < 1.29 is 0 Å².